The van der Waals surface area contributed by atoms with Gasteiger partial charge in [-0.25, -0.2) is 0 Å². The maximum atomic E-state index is 12.2. The van der Waals surface area contributed by atoms with E-state index in [1.807, 2.05) is 11.0 Å². The van der Waals surface area contributed by atoms with Crippen molar-refractivity contribution in [3.63, 3.8) is 0 Å². The number of hydrogen-bond acceptors (Lipinski definition) is 2. The molecular formula is C16H22N2O. The van der Waals surface area contributed by atoms with E-state index in [0.717, 1.165) is 32.0 Å². The molecule has 0 aromatic heterocycles. The molecule has 2 aliphatic rings. The number of amides is 1. The summed E-state index contributed by atoms with van der Waals surface area (Å²) in [5.74, 6) is 1.20. The Balaban J connectivity index is 1.45. The van der Waals surface area contributed by atoms with Crippen LogP contribution in [-0.2, 0) is 11.2 Å². The van der Waals surface area contributed by atoms with Gasteiger partial charge >= 0.3 is 0 Å². The van der Waals surface area contributed by atoms with Gasteiger partial charge in [-0.3, -0.25) is 10.1 Å². The molecule has 0 radical (unpaired) electrons. The summed E-state index contributed by atoms with van der Waals surface area (Å²) >= 11 is 0. The molecule has 2 fully saturated rings. The van der Waals surface area contributed by atoms with E-state index in [4.69, 9.17) is 0 Å². The highest BCUT2D eigenvalue weighted by Crippen LogP contribution is 2.32. The Morgan fingerprint density at radius 1 is 1.16 bits per heavy atom. The van der Waals surface area contributed by atoms with Crippen LogP contribution in [0, 0.1) is 5.92 Å². The van der Waals surface area contributed by atoms with Gasteiger partial charge in [-0.2, -0.15) is 0 Å². The Hall–Kier alpha value is -1.35. The molecule has 1 atom stereocenters. The minimum Gasteiger partial charge on any atom is -0.329 e. The van der Waals surface area contributed by atoms with Crippen molar-refractivity contribution >= 4 is 5.91 Å². The van der Waals surface area contributed by atoms with Gasteiger partial charge in [0, 0.05) is 6.54 Å². The summed E-state index contributed by atoms with van der Waals surface area (Å²) in [6.07, 6.45) is 5.81. The molecule has 1 unspecified atom stereocenters. The average molecular weight is 258 g/mol. The Labute approximate surface area is 115 Å². The smallest absolute Gasteiger partial charge is 0.240 e. The highest BCUT2D eigenvalue weighted by Gasteiger charge is 2.31. The van der Waals surface area contributed by atoms with Gasteiger partial charge in [0.2, 0.25) is 5.91 Å². The van der Waals surface area contributed by atoms with Crippen LogP contribution in [0.2, 0.25) is 0 Å². The van der Waals surface area contributed by atoms with E-state index in [1.165, 1.54) is 24.8 Å². The lowest BCUT2D eigenvalue weighted by molar-refractivity contribution is -0.129. The largest absolute Gasteiger partial charge is 0.329 e. The lowest BCUT2D eigenvalue weighted by atomic mass is 10.1. The van der Waals surface area contributed by atoms with Gasteiger partial charge in [-0.15, -0.1) is 0 Å². The summed E-state index contributed by atoms with van der Waals surface area (Å²) in [4.78, 5) is 14.2. The fraction of sp³-hybridized carbons (Fsp3) is 0.562. The molecule has 1 aliphatic heterocycles. The second-order valence-corrected chi connectivity index (χ2v) is 5.77. The minimum absolute atomic E-state index is 0.0272. The van der Waals surface area contributed by atoms with Crippen molar-refractivity contribution in [3.8, 4) is 0 Å². The van der Waals surface area contributed by atoms with E-state index in [9.17, 15) is 4.79 Å². The van der Waals surface area contributed by atoms with Crippen molar-refractivity contribution in [3.05, 3.63) is 35.9 Å². The maximum Gasteiger partial charge on any atom is 0.240 e. The van der Waals surface area contributed by atoms with Gasteiger partial charge in [0.15, 0.2) is 0 Å². The monoisotopic (exact) mass is 258 g/mol. The van der Waals surface area contributed by atoms with Gasteiger partial charge in [-0.05, 0) is 30.7 Å². The van der Waals surface area contributed by atoms with Crippen LogP contribution in [0.3, 0.4) is 0 Å². The second-order valence-electron chi connectivity index (χ2n) is 5.77. The first-order valence-corrected chi connectivity index (χ1v) is 7.39. The van der Waals surface area contributed by atoms with Crippen LogP contribution >= 0.6 is 0 Å². The van der Waals surface area contributed by atoms with Gasteiger partial charge in [0.25, 0.3) is 0 Å². The molecule has 1 amide bonds. The molecule has 1 saturated heterocycles. The summed E-state index contributed by atoms with van der Waals surface area (Å²) in [6, 6.07) is 10.4. The Bertz CT molecular complexity index is 428. The third kappa shape index (κ3) is 3.35. The van der Waals surface area contributed by atoms with Crippen molar-refractivity contribution in [2.75, 3.05) is 13.2 Å². The van der Waals surface area contributed by atoms with E-state index in [-0.39, 0.29) is 6.04 Å². The van der Waals surface area contributed by atoms with Crippen molar-refractivity contribution in [1.29, 1.82) is 0 Å². The number of aryl methyl sites for hydroxylation is 1. The van der Waals surface area contributed by atoms with Crippen molar-refractivity contribution in [1.82, 2.24) is 10.2 Å². The van der Waals surface area contributed by atoms with E-state index >= 15 is 0 Å². The van der Waals surface area contributed by atoms with E-state index in [2.05, 4.69) is 29.6 Å². The fourth-order valence-corrected chi connectivity index (χ4v) is 2.72. The SMILES string of the molecule is O=C1C(CCc2ccccc2)NCN1CCC1CC1. The second kappa shape index (κ2) is 5.74. The molecule has 1 saturated carbocycles. The fourth-order valence-electron chi connectivity index (χ4n) is 2.72. The van der Waals surface area contributed by atoms with Crippen LogP contribution < -0.4 is 5.32 Å². The molecule has 3 nitrogen and oxygen atoms in total. The normalized spacial score (nSPS) is 23.1. The van der Waals surface area contributed by atoms with Crippen molar-refractivity contribution in [2.45, 2.75) is 38.1 Å². The first-order valence-electron chi connectivity index (χ1n) is 7.39. The third-order valence-corrected chi connectivity index (χ3v) is 4.21. The first-order chi connectivity index (χ1) is 9.33. The van der Waals surface area contributed by atoms with Crippen molar-refractivity contribution in [2.24, 2.45) is 5.92 Å². The predicted octanol–water partition coefficient (Wildman–Crippen LogP) is 2.18. The van der Waals surface area contributed by atoms with E-state index in [1.54, 1.807) is 0 Å². The molecule has 1 N–H and O–H groups in total. The molecule has 102 valence electrons. The number of nitrogens with one attached hydrogen (secondary N) is 1. The van der Waals surface area contributed by atoms with Crippen LogP contribution in [0.5, 0.6) is 0 Å². The summed E-state index contributed by atoms with van der Waals surface area (Å²) in [5.41, 5.74) is 1.31. The quantitative estimate of drug-likeness (QED) is 0.848. The topological polar surface area (TPSA) is 32.3 Å². The first kappa shape index (κ1) is 12.7. The molecule has 0 spiro atoms. The molecule has 1 aromatic carbocycles. The van der Waals surface area contributed by atoms with Crippen LogP contribution in [-0.4, -0.2) is 30.1 Å². The van der Waals surface area contributed by atoms with Gasteiger partial charge in [-0.1, -0.05) is 43.2 Å². The highest BCUT2D eigenvalue weighted by molar-refractivity contribution is 5.83. The van der Waals surface area contributed by atoms with Crippen LogP contribution in [0.4, 0.5) is 0 Å². The van der Waals surface area contributed by atoms with Crippen LogP contribution in [0.25, 0.3) is 0 Å². The number of hydrogen-bond donors (Lipinski definition) is 1. The molecule has 19 heavy (non-hydrogen) atoms. The molecular weight excluding hydrogens is 236 g/mol. The minimum atomic E-state index is 0.0272. The summed E-state index contributed by atoms with van der Waals surface area (Å²) in [5, 5.41) is 3.35. The Morgan fingerprint density at radius 2 is 1.95 bits per heavy atom. The molecule has 3 rings (SSSR count). The van der Waals surface area contributed by atoms with Gasteiger partial charge in [0.1, 0.15) is 0 Å². The molecule has 1 aromatic rings. The molecule has 1 aliphatic carbocycles. The number of carbonyl (C=O) groups is 1. The van der Waals surface area contributed by atoms with Crippen LogP contribution in [0.1, 0.15) is 31.2 Å². The standard InChI is InChI=1S/C16H22N2O/c19-16-15(9-8-13-4-2-1-3-5-13)17-12-18(16)11-10-14-6-7-14/h1-5,14-15,17H,6-12H2. The lowest BCUT2D eigenvalue weighted by Crippen LogP contribution is -2.31. The summed E-state index contributed by atoms with van der Waals surface area (Å²) in [7, 11) is 0. The Kier molecular flexibility index (Phi) is 3.83. The maximum absolute atomic E-state index is 12.2. The predicted molar refractivity (Wildman–Crippen MR) is 75.6 cm³/mol. The third-order valence-electron chi connectivity index (χ3n) is 4.21. The lowest BCUT2D eigenvalue weighted by Gasteiger charge is -2.15. The van der Waals surface area contributed by atoms with Gasteiger partial charge in [0.05, 0.1) is 12.7 Å². The van der Waals surface area contributed by atoms with E-state index < -0.39 is 0 Å². The van der Waals surface area contributed by atoms with E-state index in [0.29, 0.717) is 5.91 Å². The number of rotatable bonds is 6. The molecule has 1 heterocycles. The highest BCUT2D eigenvalue weighted by atomic mass is 16.2. The van der Waals surface area contributed by atoms with Gasteiger partial charge < -0.3 is 4.90 Å². The van der Waals surface area contributed by atoms with Crippen LogP contribution in [0.15, 0.2) is 30.3 Å². The zero-order valence-electron chi connectivity index (χ0n) is 11.3. The average Bonchev–Trinajstić information content (AvgIpc) is 3.21. The number of nitrogens with zero attached hydrogens (tertiary/aromatic N) is 1. The number of carbonyl (C=O) groups excluding carboxylic acids is 1. The molecule has 0 bridgehead atoms. The zero-order valence-corrected chi connectivity index (χ0v) is 11.3. The summed E-state index contributed by atoms with van der Waals surface area (Å²) < 4.78 is 0. The molecule has 3 heteroatoms. The zero-order chi connectivity index (χ0) is 13.1. The number of benzene rings is 1. The summed E-state index contributed by atoms with van der Waals surface area (Å²) in [6.45, 7) is 1.68. The van der Waals surface area contributed by atoms with Crippen molar-refractivity contribution < 1.29 is 4.79 Å². The Morgan fingerprint density at radius 3 is 2.68 bits per heavy atom.